The summed E-state index contributed by atoms with van der Waals surface area (Å²) in [5, 5.41) is 3.10. The molecule has 0 N–H and O–H groups in total. The molecule has 1 aromatic heterocycles. The van der Waals surface area contributed by atoms with Crippen LogP contribution in [0, 0.1) is 0 Å². The number of nitrogens with zero attached hydrogens (tertiary/aromatic N) is 1. The van der Waals surface area contributed by atoms with Crippen LogP contribution in [0.3, 0.4) is 0 Å². The van der Waals surface area contributed by atoms with Crippen LogP contribution in [0.15, 0.2) is 109 Å². The van der Waals surface area contributed by atoms with E-state index in [0.717, 1.165) is 10.4 Å². The highest BCUT2D eigenvalue weighted by Gasteiger charge is 2.45. The molecule has 0 saturated carbocycles. The molecule has 0 spiro atoms. The molecule has 1 aliphatic rings. The lowest BCUT2D eigenvalue weighted by atomic mass is 9.67. The Kier molecular flexibility index (Phi) is 3.81. The first kappa shape index (κ1) is 17.4. The number of benzene rings is 4. The van der Waals surface area contributed by atoms with Gasteiger partial charge in [0.1, 0.15) is 0 Å². The highest BCUT2D eigenvalue weighted by atomic mass is 35.5. The number of aromatic nitrogens is 1. The predicted molar refractivity (Wildman–Crippen MR) is 124 cm³/mol. The van der Waals surface area contributed by atoms with Gasteiger partial charge >= 0.3 is 0 Å². The maximum atomic E-state index is 6.45. The van der Waals surface area contributed by atoms with Gasteiger partial charge in [0.05, 0.1) is 5.41 Å². The Hall–Kier alpha value is -3.42. The van der Waals surface area contributed by atoms with E-state index in [0.29, 0.717) is 0 Å². The topological polar surface area (TPSA) is 12.9 Å². The van der Waals surface area contributed by atoms with E-state index in [1.807, 2.05) is 18.5 Å². The third-order valence-corrected chi connectivity index (χ3v) is 6.52. The molecule has 6 rings (SSSR count). The summed E-state index contributed by atoms with van der Waals surface area (Å²) in [6, 6.07) is 34.6. The second-order valence-corrected chi connectivity index (χ2v) is 8.23. The standard InChI is InChI=1S/C28H18ClN/c29-23-12-13-27-25(17-23)24-8-4-5-9-26(24)28(27,21-6-2-1-3-7-21)22-11-10-20-18-30-15-14-19(20)16-22/h1-18H. The van der Waals surface area contributed by atoms with E-state index in [4.69, 9.17) is 11.6 Å². The summed E-state index contributed by atoms with van der Waals surface area (Å²) in [6.07, 6.45) is 3.78. The molecule has 30 heavy (non-hydrogen) atoms. The van der Waals surface area contributed by atoms with Crippen molar-refractivity contribution in [1.82, 2.24) is 4.98 Å². The minimum Gasteiger partial charge on any atom is -0.264 e. The maximum absolute atomic E-state index is 6.45. The van der Waals surface area contributed by atoms with E-state index in [1.165, 1.54) is 38.8 Å². The van der Waals surface area contributed by atoms with E-state index in [1.54, 1.807) is 0 Å². The van der Waals surface area contributed by atoms with Crippen molar-refractivity contribution in [3.63, 3.8) is 0 Å². The number of hydrogen-bond acceptors (Lipinski definition) is 1. The summed E-state index contributed by atoms with van der Waals surface area (Å²) < 4.78 is 0. The quantitative estimate of drug-likeness (QED) is 0.296. The first-order valence-electron chi connectivity index (χ1n) is 10.1. The molecule has 0 fully saturated rings. The molecule has 0 aliphatic heterocycles. The maximum Gasteiger partial charge on any atom is 0.0713 e. The molecular formula is C28H18ClN. The van der Waals surface area contributed by atoms with E-state index in [2.05, 4.69) is 96.0 Å². The highest BCUT2D eigenvalue weighted by molar-refractivity contribution is 6.31. The summed E-state index contributed by atoms with van der Waals surface area (Å²) >= 11 is 6.45. The van der Waals surface area contributed by atoms with Gasteiger partial charge in [-0.1, -0.05) is 84.4 Å². The van der Waals surface area contributed by atoms with Gasteiger partial charge < -0.3 is 0 Å². The van der Waals surface area contributed by atoms with Crippen LogP contribution >= 0.6 is 11.6 Å². The molecule has 0 bridgehead atoms. The van der Waals surface area contributed by atoms with Gasteiger partial charge in [-0.05, 0) is 63.0 Å². The second kappa shape index (κ2) is 6.55. The van der Waals surface area contributed by atoms with Gasteiger partial charge in [-0.25, -0.2) is 0 Å². The summed E-state index contributed by atoms with van der Waals surface area (Å²) in [7, 11) is 0. The lowest BCUT2D eigenvalue weighted by molar-refractivity contribution is 0.770. The zero-order chi connectivity index (χ0) is 20.1. The normalized spacial score (nSPS) is 17.0. The highest BCUT2D eigenvalue weighted by Crippen LogP contribution is 2.56. The first-order chi connectivity index (χ1) is 14.8. The molecule has 0 saturated heterocycles. The molecule has 0 radical (unpaired) electrons. The van der Waals surface area contributed by atoms with Crippen molar-refractivity contribution >= 4 is 22.4 Å². The summed E-state index contributed by atoms with van der Waals surface area (Å²) in [5.41, 5.74) is 7.13. The fourth-order valence-corrected chi connectivity index (χ4v) is 5.22. The smallest absolute Gasteiger partial charge is 0.0713 e. The fraction of sp³-hybridized carbons (Fsp3) is 0.0357. The largest absolute Gasteiger partial charge is 0.264 e. The van der Waals surface area contributed by atoms with Crippen LogP contribution < -0.4 is 0 Å². The Bertz CT molecular complexity index is 1410. The minimum atomic E-state index is -0.394. The van der Waals surface area contributed by atoms with E-state index >= 15 is 0 Å². The van der Waals surface area contributed by atoms with Gasteiger partial charge in [0.25, 0.3) is 0 Å². The fourth-order valence-electron chi connectivity index (χ4n) is 5.05. The SMILES string of the molecule is Clc1ccc2c(c1)-c1ccccc1C2(c1ccccc1)c1ccc2cnccc2c1. The zero-order valence-electron chi connectivity index (χ0n) is 16.2. The summed E-state index contributed by atoms with van der Waals surface area (Å²) in [6.45, 7) is 0. The Morgan fingerprint density at radius 2 is 1.40 bits per heavy atom. The molecule has 4 aromatic carbocycles. The average molecular weight is 404 g/mol. The van der Waals surface area contributed by atoms with Crippen molar-refractivity contribution in [3.8, 4) is 11.1 Å². The number of halogens is 1. The van der Waals surface area contributed by atoms with Crippen molar-refractivity contribution in [2.24, 2.45) is 0 Å². The Morgan fingerprint density at radius 3 is 2.30 bits per heavy atom. The van der Waals surface area contributed by atoms with Crippen LogP contribution in [0.1, 0.15) is 22.3 Å². The van der Waals surface area contributed by atoms with E-state index in [9.17, 15) is 0 Å². The Labute approximate surface area is 180 Å². The summed E-state index contributed by atoms with van der Waals surface area (Å²) in [4.78, 5) is 4.28. The predicted octanol–water partition coefficient (Wildman–Crippen LogP) is 7.25. The molecule has 1 heterocycles. The van der Waals surface area contributed by atoms with Crippen LogP contribution in [0.25, 0.3) is 21.9 Å². The van der Waals surface area contributed by atoms with Crippen LogP contribution in [0.5, 0.6) is 0 Å². The monoisotopic (exact) mass is 403 g/mol. The van der Waals surface area contributed by atoms with Crippen molar-refractivity contribution in [1.29, 1.82) is 0 Å². The number of rotatable bonds is 2. The van der Waals surface area contributed by atoms with Crippen molar-refractivity contribution in [2.45, 2.75) is 5.41 Å². The third-order valence-electron chi connectivity index (χ3n) is 6.29. The molecule has 1 unspecified atom stereocenters. The molecule has 0 amide bonds. The molecule has 1 atom stereocenters. The van der Waals surface area contributed by atoms with Crippen LogP contribution in [0.4, 0.5) is 0 Å². The molecule has 2 heteroatoms. The molecule has 1 nitrogen and oxygen atoms in total. The third kappa shape index (κ3) is 2.33. The van der Waals surface area contributed by atoms with Crippen molar-refractivity contribution in [3.05, 3.63) is 137 Å². The van der Waals surface area contributed by atoms with Crippen molar-refractivity contribution < 1.29 is 0 Å². The van der Waals surface area contributed by atoms with Gasteiger partial charge in [-0.3, -0.25) is 4.98 Å². The van der Waals surface area contributed by atoms with E-state index in [-0.39, 0.29) is 0 Å². The van der Waals surface area contributed by atoms with Crippen LogP contribution in [0.2, 0.25) is 5.02 Å². The van der Waals surface area contributed by atoms with Gasteiger partial charge in [-0.2, -0.15) is 0 Å². The number of pyridine rings is 1. The molecule has 1 aliphatic carbocycles. The zero-order valence-corrected chi connectivity index (χ0v) is 17.0. The van der Waals surface area contributed by atoms with Crippen LogP contribution in [-0.2, 0) is 5.41 Å². The van der Waals surface area contributed by atoms with Gasteiger partial charge in [0, 0.05) is 22.8 Å². The molecule has 142 valence electrons. The average Bonchev–Trinajstić information content (AvgIpc) is 3.10. The first-order valence-corrected chi connectivity index (χ1v) is 10.5. The molecule has 5 aromatic rings. The lowest BCUT2D eigenvalue weighted by Gasteiger charge is -2.34. The number of fused-ring (bicyclic) bond motifs is 4. The molecular weight excluding hydrogens is 386 g/mol. The summed E-state index contributed by atoms with van der Waals surface area (Å²) in [5.74, 6) is 0. The Balaban J connectivity index is 1.79. The van der Waals surface area contributed by atoms with Gasteiger partial charge in [0.2, 0.25) is 0 Å². The lowest BCUT2D eigenvalue weighted by Crippen LogP contribution is -2.28. The second-order valence-electron chi connectivity index (χ2n) is 7.79. The number of hydrogen-bond donors (Lipinski definition) is 0. The van der Waals surface area contributed by atoms with Gasteiger partial charge in [0.15, 0.2) is 0 Å². The van der Waals surface area contributed by atoms with Gasteiger partial charge in [-0.15, -0.1) is 0 Å². The van der Waals surface area contributed by atoms with E-state index < -0.39 is 5.41 Å². The van der Waals surface area contributed by atoms with Crippen molar-refractivity contribution in [2.75, 3.05) is 0 Å². The van der Waals surface area contributed by atoms with Crippen LogP contribution in [-0.4, -0.2) is 4.98 Å². The minimum absolute atomic E-state index is 0.394. The Morgan fingerprint density at radius 1 is 0.600 bits per heavy atom.